The van der Waals surface area contributed by atoms with Gasteiger partial charge in [-0.1, -0.05) is 71.6 Å². The Hall–Kier alpha value is -1.30. The van der Waals surface area contributed by atoms with E-state index >= 15 is 0 Å². The van der Waals surface area contributed by atoms with Crippen molar-refractivity contribution in [3.8, 4) is 0 Å². The van der Waals surface area contributed by atoms with E-state index in [1.165, 1.54) is 28.7 Å². The standard InChI is InChI=1S/C12H14.C3H8.C2H6/c1-5-11-9(3)7-8-10(4)12(11)6-2;1-3-2;1-2/h5-8H,1-2H2,3-4H3;3H2,1-2H3;1-2H3. The summed E-state index contributed by atoms with van der Waals surface area (Å²) in [7, 11) is 0. The zero-order chi connectivity index (χ0) is 13.8. The second-order valence-corrected chi connectivity index (χ2v) is 3.64. The van der Waals surface area contributed by atoms with E-state index in [0.717, 1.165) is 0 Å². The summed E-state index contributed by atoms with van der Waals surface area (Å²) in [6.07, 6.45) is 5.03. The van der Waals surface area contributed by atoms with Gasteiger partial charge in [0.05, 0.1) is 0 Å². The first kappa shape index (κ1) is 18.1. The lowest BCUT2D eigenvalue weighted by Gasteiger charge is -2.07. The summed E-state index contributed by atoms with van der Waals surface area (Å²) in [5, 5.41) is 0. The van der Waals surface area contributed by atoms with Crippen molar-refractivity contribution >= 4 is 12.2 Å². The van der Waals surface area contributed by atoms with Crippen molar-refractivity contribution in [1.29, 1.82) is 0 Å². The van der Waals surface area contributed by atoms with Crippen molar-refractivity contribution in [3.05, 3.63) is 47.5 Å². The molecule has 0 heterocycles. The molecule has 0 saturated carbocycles. The molecule has 0 unspecified atom stereocenters. The molecule has 0 aliphatic heterocycles. The molecule has 17 heavy (non-hydrogen) atoms. The highest BCUT2D eigenvalue weighted by molar-refractivity contribution is 5.68. The third kappa shape index (κ3) is 6.11. The number of hydrogen-bond acceptors (Lipinski definition) is 0. The van der Waals surface area contributed by atoms with E-state index in [1.807, 2.05) is 26.0 Å². The lowest BCUT2D eigenvalue weighted by atomic mass is 9.97. The van der Waals surface area contributed by atoms with Crippen LogP contribution in [0.15, 0.2) is 25.3 Å². The van der Waals surface area contributed by atoms with Crippen LogP contribution in [-0.2, 0) is 0 Å². The second kappa shape index (κ2) is 11.2. The Morgan fingerprint density at radius 2 is 1.12 bits per heavy atom. The quantitative estimate of drug-likeness (QED) is 0.584. The summed E-state index contributed by atoms with van der Waals surface area (Å²) in [6, 6.07) is 4.22. The van der Waals surface area contributed by atoms with Crippen LogP contribution in [0.4, 0.5) is 0 Å². The van der Waals surface area contributed by atoms with Gasteiger partial charge >= 0.3 is 0 Å². The molecule has 1 rings (SSSR count). The van der Waals surface area contributed by atoms with Gasteiger partial charge in [-0.3, -0.25) is 0 Å². The van der Waals surface area contributed by atoms with Crippen LogP contribution in [0.5, 0.6) is 0 Å². The summed E-state index contributed by atoms with van der Waals surface area (Å²) >= 11 is 0. The fourth-order valence-corrected chi connectivity index (χ4v) is 1.40. The fraction of sp³-hybridized carbons (Fsp3) is 0.412. The SMILES string of the molecule is C=Cc1c(C)ccc(C)c1C=C.CC.CCC. The highest BCUT2D eigenvalue weighted by Crippen LogP contribution is 2.20. The zero-order valence-corrected chi connectivity index (χ0v) is 12.4. The minimum atomic E-state index is 1.20. The smallest absolute Gasteiger partial charge is 0.0158 e. The molecule has 0 aliphatic carbocycles. The summed E-state index contributed by atoms with van der Waals surface area (Å²) in [5.41, 5.74) is 4.91. The Bertz CT molecular complexity index is 299. The Balaban J connectivity index is 0. The Kier molecular flexibility index (Phi) is 11.9. The van der Waals surface area contributed by atoms with Crippen molar-refractivity contribution in [2.24, 2.45) is 0 Å². The van der Waals surface area contributed by atoms with Crippen molar-refractivity contribution in [2.75, 3.05) is 0 Å². The van der Waals surface area contributed by atoms with Crippen LogP contribution < -0.4 is 0 Å². The number of aryl methyl sites for hydroxylation is 2. The third-order valence-electron chi connectivity index (χ3n) is 2.13. The second-order valence-electron chi connectivity index (χ2n) is 3.64. The first-order valence-electron chi connectivity index (χ1n) is 6.47. The van der Waals surface area contributed by atoms with E-state index in [1.54, 1.807) is 0 Å². The van der Waals surface area contributed by atoms with Crippen molar-refractivity contribution in [1.82, 2.24) is 0 Å². The molecule has 0 heteroatoms. The molecule has 1 aromatic carbocycles. The summed E-state index contributed by atoms with van der Waals surface area (Å²) in [4.78, 5) is 0. The van der Waals surface area contributed by atoms with E-state index in [2.05, 4.69) is 53.0 Å². The molecule has 0 N–H and O–H groups in total. The minimum Gasteiger partial charge on any atom is -0.0984 e. The van der Waals surface area contributed by atoms with Crippen LogP contribution in [0.2, 0.25) is 0 Å². The first-order valence-corrected chi connectivity index (χ1v) is 6.47. The van der Waals surface area contributed by atoms with Gasteiger partial charge < -0.3 is 0 Å². The normalized spacial score (nSPS) is 8.12. The van der Waals surface area contributed by atoms with Crippen LogP contribution in [0.1, 0.15) is 56.4 Å². The maximum absolute atomic E-state index is 3.79. The van der Waals surface area contributed by atoms with Gasteiger partial charge in [-0.15, -0.1) is 0 Å². The van der Waals surface area contributed by atoms with E-state index in [0.29, 0.717) is 0 Å². The van der Waals surface area contributed by atoms with Crippen LogP contribution >= 0.6 is 0 Å². The van der Waals surface area contributed by atoms with Gasteiger partial charge in [0.2, 0.25) is 0 Å². The molecule has 96 valence electrons. The molecule has 0 radical (unpaired) electrons. The Morgan fingerprint density at radius 1 is 0.882 bits per heavy atom. The summed E-state index contributed by atoms with van der Waals surface area (Å²) < 4.78 is 0. The molecule has 0 nitrogen and oxygen atoms in total. The van der Waals surface area contributed by atoms with Crippen LogP contribution in [0.3, 0.4) is 0 Å². The predicted octanol–water partition coefficient (Wildman–Crippen LogP) is 6.03. The number of rotatable bonds is 2. The average molecular weight is 232 g/mol. The van der Waals surface area contributed by atoms with Gasteiger partial charge in [0.1, 0.15) is 0 Å². The zero-order valence-electron chi connectivity index (χ0n) is 12.4. The van der Waals surface area contributed by atoms with Crippen LogP contribution in [0, 0.1) is 13.8 Å². The van der Waals surface area contributed by atoms with Crippen LogP contribution in [0.25, 0.3) is 12.2 Å². The summed E-state index contributed by atoms with van der Waals surface area (Å²) in [5.74, 6) is 0. The highest BCUT2D eigenvalue weighted by Gasteiger charge is 2.01. The molecule has 0 amide bonds. The van der Waals surface area contributed by atoms with E-state index < -0.39 is 0 Å². The third-order valence-corrected chi connectivity index (χ3v) is 2.13. The molecule has 0 fully saturated rings. The Morgan fingerprint density at radius 3 is 1.29 bits per heavy atom. The van der Waals surface area contributed by atoms with Crippen molar-refractivity contribution in [2.45, 2.75) is 48.0 Å². The van der Waals surface area contributed by atoms with Crippen LogP contribution in [-0.4, -0.2) is 0 Å². The van der Waals surface area contributed by atoms with Gasteiger partial charge in [0, 0.05) is 0 Å². The van der Waals surface area contributed by atoms with Gasteiger partial charge in [-0.25, -0.2) is 0 Å². The minimum absolute atomic E-state index is 1.20. The van der Waals surface area contributed by atoms with E-state index in [9.17, 15) is 0 Å². The van der Waals surface area contributed by atoms with Gasteiger partial charge in [-0.05, 0) is 36.1 Å². The molecule has 0 aromatic heterocycles. The molecular weight excluding hydrogens is 204 g/mol. The average Bonchev–Trinajstić information content (AvgIpc) is 2.35. The fourth-order valence-electron chi connectivity index (χ4n) is 1.40. The molecule has 0 spiro atoms. The maximum atomic E-state index is 3.79. The maximum Gasteiger partial charge on any atom is -0.0158 e. The molecule has 0 atom stereocenters. The van der Waals surface area contributed by atoms with Crippen molar-refractivity contribution < 1.29 is 0 Å². The van der Waals surface area contributed by atoms with Crippen molar-refractivity contribution in [3.63, 3.8) is 0 Å². The van der Waals surface area contributed by atoms with E-state index in [4.69, 9.17) is 0 Å². The lowest BCUT2D eigenvalue weighted by Crippen LogP contribution is -1.89. The molecule has 0 bridgehead atoms. The van der Waals surface area contributed by atoms with Gasteiger partial charge in [-0.2, -0.15) is 0 Å². The lowest BCUT2D eigenvalue weighted by molar-refractivity contribution is 1.09. The molecule has 0 aliphatic rings. The summed E-state index contributed by atoms with van der Waals surface area (Å²) in [6.45, 7) is 20.0. The predicted molar refractivity (Wildman–Crippen MR) is 83.4 cm³/mol. The monoisotopic (exact) mass is 232 g/mol. The molecule has 0 saturated heterocycles. The van der Waals surface area contributed by atoms with Gasteiger partial charge in [0.25, 0.3) is 0 Å². The largest absolute Gasteiger partial charge is 0.0984 e. The van der Waals surface area contributed by atoms with Gasteiger partial charge in [0.15, 0.2) is 0 Å². The highest BCUT2D eigenvalue weighted by atomic mass is 14.1. The first-order chi connectivity index (χ1) is 8.12. The van der Waals surface area contributed by atoms with E-state index in [-0.39, 0.29) is 0 Å². The molecular formula is C17H28. The molecule has 1 aromatic rings. The number of hydrogen-bond donors (Lipinski definition) is 0. The Labute approximate surface area is 108 Å². The number of benzene rings is 1. The topological polar surface area (TPSA) is 0 Å².